The van der Waals surface area contributed by atoms with Crippen molar-refractivity contribution >= 4 is 0 Å². The third-order valence-electron chi connectivity index (χ3n) is 2.03. The fraction of sp³-hybridized carbons (Fsp3) is 1.00. The number of nitrogens with one attached hydrogen (secondary N) is 1. The van der Waals surface area contributed by atoms with Gasteiger partial charge in [0.05, 0.1) is 6.17 Å². The number of hydrogen-bond donors (Lipinski definition) is 2. The Labute approximate surface area is 76.9 Å². The van der Waals surface area contributed by atoms with Gasteiger partial charge in [0.25, 0.3) is 0 Å². The first-order valence-corrected chi connectivity index (χ1v) is 5.30. The Morgan fingerprint density at radius 2 is 1.83 bits per heavy atom. The summed E-state index contributed by atoms with van der Waals surface area (Å²) < 4.78 is 0. The molecule has 0 amide bonds. The van der Waals surface area contributed by atoms with Crippen molar-refractivity contribution in [3.63, 3.8) is 0 Å². The lowest BCUT2D eigenvalue weighted by Gasteiger charge is -2.12. The Hall–Kier alpha value is -0.0800. The van der Waals surface area contributed by atoms with E-state index >= 15 is 0 Å². The number of unbranched alkanes of at least 4 members (excludes halogenated alkanes) is 3. The predicted molar refractivity (Wildman–Crippen MR) is 55.0 cm³/mol. The standard InChI is InChI=1S/C10H24N2/c1-3-5-6-7-8-10(11)12-9-4-2/h10,12H,3-9,11H2,1-2H3. The second kappa shape index (κ2) is 9.01. The normalized spacial score (nSPS) is 13.2. The molecule has 1 atom stereocenters. The molecule has 0 aromatic rings. The molecule has 0 saturated carbocycles. The van der Waals surface area contributed by atoms with Crippen LogP contribution < -0.4 is 11.1 Å². The van der Waals surface area contributed by atoms with E-state index in [0.717, 1.165) is 13.0 Å². The molecule has 0 aliphatic rings. The van der Waals surface area contributed by atoms with Crippen LogP contribution in [0.5, 0.6) is 0 Å². The Kier molecular flexibility index (Phi) is 8.95. The van der Waals surface area contributed by atoms with Gasteiger partial charge in [0.15, 0.2) is 0 Å². The number of hydrogen-bond acceptors (Lipinski definition) is 2. The first-order chi connectivity index (χ1) is 5.81. The van der Waals surface area contributed by atoms with Crippen LogP contribution in [0.1, 0.15) is 52.4 Å². The van der Waals surface area contributed by atoms with E-state index in [9.17, 15) is 0 Å². The third-order valence-corrected chi connectivity index (χ3v) is 2.03. The van der Waals surface area contributed by atoms with Crippen LogP contribution >= 0.6 is 0 Å². The molecule has 12 heavy (non-hydrogen) atoms. The Morgan fingerprint density at radius 1 is 1.08 bits per heavy atom. The Bertz CT molecular complexity index is 83.9. The molecule has 0 radical (unpaired) electrons. The maximum Gasteiger partial charge on any atom is 0.0546 e. The number of rotatable bonds is 8. The van der Waals surface area contributed by atoms with Gasteiger partial charge >= 0.3 is 0 Å². The highest BCUT2D eigenvalue weighted by atomic mass is 15.0. The third kappa shape index (κ3) is 8.02. The van der Waals surface area contributed by atoms with Crippen molar-refractivity contribution in [3.8, 4) is 0 Å². The molecule has 0 fully saturated rings. The molecule has 0 saturated heterocycles. The maximum atomic E-state index is 5.83. The van der Waals surface area contributed by atoms with Gasteiger partial charge in [-0.2, -0.15) is 0 Å². The minimum Gasteiger partial charge on any atom is -0.316 e. The topological polar surface area (TPSA) is 38.0 Å². The molecule has 74 valence electrons. The van der Waals surface area contributed by atoms with E-state index in [-0.39, 0.29) is 6.17 Å². The van der Waals surface area contributed by atoms with Crippen LogP contribution in [0.15, 0.2) is 0 Å². The molecule has 0 aromatic carbocycles. The van der Waals surface area contributed by atoms with E-state index in [1.165, 1.54) is 32.1 Å². The molecule has 3 N–H and O–H groups in total. The van der Waals surface area contributed by atoms with Gasteiger partial charge in [-0.05, 0) is 19.4 Å². The van der Waals surface area contributed by atoms with Crippen molar-refractivity contribution in [2.24, 2.45) is 5.73 Å². The van der Waals surface area contributed by atoms with Crippen LogP contribution in [0.2, 0.25) is 0 Å². The quantitative estimate of drug-likeness (QED) is 0.435. The van der Waals surface area contributed by atoms with Crippen LogP contribution in [-0.2, 0) is 0 Å². The first-order valence-electron chi connectivity index (χ1n) is 5.30. The van der Waals surface area contributed by atoms with Crippen molar-refractivity contribution in [3.05, 3.63) is 0 Å². The van der Waals surface area contributed by atoms with Crippen LogP contribution in [0, 0.1) is 0 Å². The highest BCUT2D eigenvalue weighted by molar-refractivity contribution is 4.57. The fourth-order valence-electron chi connectivity index (χ4n) is 1.22. The Morgan fingerprint density at radius 3 is 2.42 bits per heavy atom. The highest BCUT2D eigenvalue weighted by Crippen LogP contribution is 2.02. The van der Waals surface area contributed by atoms with Gasteiger partial charge in [-0.3, -0.25) is 0 Å². The van der Waals surface area contributed by atoms with Gasteiger partial charge in [-0.1, -0.05) is 39.5 Å². The van der Waals surface area contributed by atoms with Crippen LogP contribution in [0.25, 0.3) is 0 Å². The zero-order valence-corrected chi connectivity index (χ0v) is 8.60. The minimum atomic E-state index is 0.224. The second-order valence-electron chi connectivity index (χ2n) is 3.41. The van der Waals surface area contributed by atoms with Gasteiger partial charge in [-0.25, -0.2) is 0 Å². The van der Waals surface area contributed by atoms with Crippen molar-refractivity contribution in [2.45, 2.75) is 58.5 Å². The summed E-state index contributed by atoms with van der Waals surface area (Å²) in [7, 11) is 0. The van der Waals surface area contributed by atoms with Gasteiger partial charge in [0.1, 0.15) is 0 Å². The molecule has 2 nitrogen and oxygen atoms in total. The van der Waals surface area contributed by atoms with Crippen molar-refractivity contribution in [1.82, 2.24) is 5.32 Å². The van der Waals surface area contributed by atoms with Crippen LogP contribution in [0.4, 0.5) is 0 Å². The highest BCUT2D eigenvalue weighted by Gasteiger charge is 1.98. The van der Waals surface area contributed by atoms with E-state index in [1.807, 2.05) is 0 Å². The molecule has 0 aliphatic heterocycles. The predicted octanol–water partition coefficient (Wildman–Crippen LogP) is 2.24. The van der Waals surface area contributed by atoms with Crippen LogP contribution in [-0.4, -0.2) is 12.7 Å². The molecule has 0 aromatic heterocycles. The Balaban J connectivity index is 3.02. The summed E-state index contributed by atoms with van der Waals surface area (Å²) in [6.07, 6.45) is 7.77. The molecule has 2 heteroatoms. The van der Waals surface area contributed by atoms with Gasteiger partial charge in [0.2, 0.25) is 0 Å². The van der Waals surface area contributed by atoms with Gasteiger partial charge in [0, 0.05) is 0 Å². The lowest BCUT2D eigenvalue weighted by atomic mass is 10.1. The number of nitrogens with two attached hydrogens (primary N) is 1. The van der Waals surface area contributed by atoms with E-state index in [4.69, 9.17) is 5.73 Å². The summed E-state index contributed by atoms with van der Waals surface area (Å²) in [4.78, 5) is 0. The molecule has 0 heterocycles. The fourth-order valence-corrected chi connectivity index (χ4v) is 1.22. The summed E-state index contributed by atoms with van der Waals surface area (Å²) in [5.41, 5.74) is 5.83. The minimum absolute atomic E-state index is 0.224. The second-order valence-corrected chi connectivity index (χ2v) is 3.41. The largest absolute Gasteiger partial charge is 0.316 e. The lowest BCUT2D eigenvalue weighted by Crippen LogP contribution is -2.37. The monoisotopic (exact) mass is 172 g/mol. The van der Waals surface area contributed by atoms with E-state index in [2.05, 4.69) is 19.2 Å². The smallest absolute Gasteiger partial charge is 0.0546 e. The summed E-state index contributed by atoms with van der Waals surface area (Å²) in [5, 5.41) is 3.29. The molecule has 0 rings (SSSR count). The summed E-state index contributed by atoms with van der Waals surface area (Å²) in [6, 6.07) is 0. The van der Waals surface area contributed by atoms with Crippen LogP contribution in [0.3, 0.4) is 0 Å². The zero-order chi connectivity index (χ0) is 9.23. The summed E-state index contributed by atoms with van der Waals surface area (Å²) in [6.45, 7) is 5.45. The molecular weight excluding hydrogens is 148 g/mol. The molecule has 0 spiro atoms. The molecule has 1 unspecified atom stereocenters. The maximum absolute atomic E-state index is 5.83. The SMILES string of the molecule is CCCCCCC(N)NCCC. The van der Waals surface area contributed by atoms with E-state index in [1.54, 1.807) is 0 Å². The first kappa shape index (κ1) is 11.9. The molecule has 0 aliphatic carbocycles. The van der Waals surface area contributed by atoms with Gasteiger partial charge < -0.3 is 11.1 Å². The van der Waals surface area contributed by atoms with Gasteiger partial charge in [-0.15, -0.1) is 0 Å². The molecular formula is C10H24N2. The average molecular weight is 172 g/mol. The van der Waals surface area contributed by atoms with E-state index < -0.39 is 0 Å². The molecule has 0 bridgehead atoms. The van der Waals surface area contributed by atoms with Crippen molar-refractivity contribution in [1.29, 1.82) is 0 Å². The van der Waals surface area contributed by atoms with Crippen molar-refractivity contribution < 1.29 is 0 Å². The lowest BCUT2D eigenvalue weighted by molar-refractivity contribution is 0.467. The van der Waals surface area contributed by atoms with E-state index in [0.29, 0.717) is 0 Å². The zero-order valence-electron chi connectivity index (χ0n) is 8.60. The summed E-state index contributed by atoms with van der Waals surface area (Å²) >= 11 is 0. The summed E-state index contributed by atoms with van der Waals surface area (Å²) in [5.74, 6) is 0. The van der Waals surface area contributed by atoms with Crippen molar-refractivity contribution in [2.75, 3.05) is 6.54 Å². The average Bonchev–Trinajstić information content (AvgIpc) is 2.09.